The van der Waals surface area contributed by atoms with Crippen molar-refractivity contribution in [2.45, 2.75) is 59.2 Å². The predicted molar refractivity (Wildman–Crippen MR) is 118 cm³/mol. The molecule has 2 heterocycles. The first-order valence-electron chi connectivity index (χ1n) is 11.4. The van der Waals surface area contributed by atoms with Crippen LogP contribution in [0.1, 0.15) is 53.1 Å². The lowest BCUT2D eigenvalue weighted by Crippen LogP contribution is -2.41. The molecule has 2 aromatic rings. The number of ether oxygens (including phenoxy) is 1. The van der Waals surface area contributed by atoms with Crippen molar-refractivity contribution in [2.75, 3.05) is 26.3 Å². The Morgan fingerprint density at radius 1 is 1.32 bits per heavy atom. The summed E-state index contributed by atoms with van der Waals surface area (Å²) in [5, 5.41) is 8.36. The van der Waals surface area contributed by atoms with Crippen LogP contribution in [0.25, 0.3) is 0 Å². The number of carbonyl (C=O) groups is 1. The van der Waals surface area contributed by atoms with Crippen molar-refractivity contribution in [3.8, 4) is 0 Å². The van der Waals surface area contributed by atoms with Gasteiger partial charge in [0.2, 0.25) is 0 Å². The summed E-state index contributed by atoms with van der Waals surface area (Å²) in [5.74, 6) is 0.310. The summed E-state index contributed by atoms with van der Waals surface area (Å²) in [7, 11) is 0. The Morgan fingerprint density at radius 3 is 2.81 bits per heavy atom. The minimum absolute atomic E-state index is 0.0170. The van der Waals surface area contributed by atoms with Crippen molar-refractivity contribution in [3.63, 3.8) is 0 Å². The van der Waals surface area contributed by atoms with Gasteiger partial charge in [-0.25, -0.2) is 4.39 Å². The van der Waals surface area contributed by atoms with Gasteiger partial charge >= 0.3 is 0 Å². The lowest BCUT2D eigenvalue weighted by atomic mass is 9.90. The fraction of sp³-hybridized carbons (Fsp3) is 0.583. The Hall–Kier alpha value is -2.25. The fourth-order valence-corrected chi connectivity index (χ4v) is 4.46. The number of nitrogens with one attached hydrogen (secondary N) is 1. The zero-order valence-corrected chi connectivity index (χ0v) is 18.8. The number of halogens is 1. The van der Waals surface area contributed by atoms with Gasteiger partial charge in [0.15, 0.2) is 5.69 Å². The van der Waals surface area contributed by atoms with E-state index in [0.717, 1.165) is 36.9 Å². The largest absolute Gasteiger partial charge is 0.378 e. The molecule has 1 aromatic carbocycles. The molecule has 168 valence electrons. The van der Waals surface area contributed by atoms with E-state index in [9.17, 15) is 9.18 Å². The van der Waals surface area contributed by atoms with Gasteiger partial charge in [-0.3, -0.25) is 9.48 Å². The Morgan fingerprint density at radius 2 is 2.10 bits per heavy atom. The zero-order valence-electron chi connectivity index (χ0n) is 18.8. The Bertz CT molecular complexity index is 934. The van der Waals surface area contributed by atoms with Crippen molar-refractivity contribution < 1.29 is 13.9 Å². The van der Waals surface area contributed by atoms with Crippen LogP contribution in [0.15, 0.2) is 18.2 Å². The van der Waals surface area contributed by atoms with E-state index in [1.54, 1.807) is 13.0 Å². The summed E-state index contributed by atoms with van der Waals surface area (Å²) in [6, 6.07) is 5.63. The molecule has 31 heavy (non-hydrogen) atoms. The zero-order chi connectivity index (χ0) is 22.0. The molecule has 1 amide bonds. The summed E-state index contributed by atoms with van der Waals surface area (Å²) in [4.78, 5) is 15.1. The highest BCUT2D eigenvalue weighted by Gasteiger charge is 2.31. The van der Waals surface area contributed by atoms with Crippen LogP contribution in [0.2, 0.25) is 0 Å². The molecule has 1 aliphatic heterocycles. The van der Waals surface area contributed by atoms with E-state index in [1.165, 1.54) is 5.69 Å². The van der Waals surface area contributed by atoms with E-state index in [2.05, 4.69) is 23.8 Å². The molecule has 1 aromatic heterocycles. The van der Waals surface area contributed by atoms with Gasteiger partial charge in [0.1, 0.15) is 5.82 Å². The maximum Gasteiger partial charge on any atom is 0.274 e. The Balaban J connectivity index is 1.52. The van der Waals surface area contributed by atoms with Crippen LogP contribution in [-0.2, 0) is 30.7 Å². The molecule has 0 bridgehead atoms. The van der Waals surface area contributed by atoms with Gasteiger partial charge in [-0.2, -0.15) is 5.10 Å². The van der Waals surface area contributed by atoms with Crippen LogP contribution in [0.4, 0.5) is 4.39 Å². The third-order valence-electron chi connectivity index (χ3n) is 6.22. The summed E-state index contributed by atoms with van der Waals surface area (Å²) < 4.78 is 21.3. The van der Waals surface area contributed by atoms with Crippen LogP contribution < -0.4 is 5.32 Å². The third-order valence-corrected chi connectivity index (χ3v) is 6.22. The van der Waals surface area contributed by atoms with Crippen molar-refractivity contribution in [3.05, 3.63) is 52.1 Å². The molecule has 0 spiro atoms. The van der Waals surface area contributed by atoms with Gasteiger partial charge in [0.25, 0.3) is 5.91 Å². The highest BCUT2D eigenvalue weighted by Crippen LogP contribution is 2.27. The highest BCUT2D eigenvalue weighted by atomic mass is 19.1. The first-order valence-corrected chi connectivity index (χ1v) is 11.4. The molecule has 6 nitrogen and oxygen atoms in total. The first kappa shape index (κ1) is 22.0. The van der Waals surface area contributed by atoms with Crippen LogP contribution in [0, 0.1) is 18.7 Å². The molecular formula is C24H33FN4O2. The predicted octanol–water partition coefficient (Wildman–Crippen LogP) is 3.11. The number of carbonyl (C=O) groups excluding carboxylic acids is 1. The standard InChI is InChI=1S/C24H33FN4O2/c1-16(2)15-29-22-7-6-19(26-14-18-5-4-17(3)21(25)12-18)13-20(22)23(27-29)24(30)28-8-10-31-11-9-28/h4-5,12,16,19,26H,6-11,13-15H2,1-3H3. The molecule has 1 atom stereocenters. The molecule has 4 rings (SSSR count). The maximum absolute atomic E-state index is 13.9. The van der Waals surface area contributed by atoms with E-state index < -0.39 is 0 Å². The number of morpholine rings is 1. The molecule has 1 fully saturated rings. The summed E-state index contributed by atoms with van der Waals surface area (Å²) >= 11 is 0. The van der Waals surface area contributed by atoms with Gasteiger partial charge in [0, 0.05) is 43.5 Å². The van der Waals surface area contributed by atoms with Gasteiger partial charge in [-0.1, -0.05) is 26.0 Å². The monoisotopic (exact) mass is 428 g/mol. The number of amides is 1. The lowest BCUT2D eigenvalue weighted by molar-refractivity contribution is 0.0297. The van der Waals surface area contributed by atoms with E-state index >= 15 is 0 Å². The third kappa shape index (κ3) is 4.99. The summed E-state index contributed by atoms with van der Waals surface area (Å²) in [6.45, 7) is 9.95. The topological polar surface area (TPSA) is 59.4 Å². The van der Waals surface area contributed by atoms with Crippen LogP contribution in [0.3, 0.4) is 0 Å². The molecule has 1 saturated heterocycles. The van der Waals surface area contributed by atoms with Crippen LogP contribution in [0.5, 0.6) is 0 Å². The van der Waals surface area contributed by atoms with E-state index in [0.29, 0.717) is 50.0 Å². The molecule has 0 saturated carbocycles. The average Bonchev–Trinajstić information content (AvgIpc) is 3.11. The van der Waals surface area contributed by atoms with Gasteiger partial charge in [0.05, 0.1) is 13.2 Å². The average molecular weight is 429 g/mol. The molecule has 2 aliphatic rings. The SMILES string of the molecule is Cc1ccc(CNC2CCc3c(c(C(=O)N4CCOCC4)nn3CC(C)C)C2)cc1F. The van der Waals surface area contributed by atoms with E-state index in [1.807, 2.05) is 17.0 Å². The summed E-state index contributed by atoms with van der Waals surface area (Å²) in [5.41, 5.74) is 4.48. The number of aryl methyl sites for hydroxylation is 1. The second kappa shape index (κ2) is 9.49. The van der Waals surface area contributed by atoms with E-state index in [-0.39, 0.29) is 17.8 Å². The van der Waals surface area contributed by atoms with Crippen molar-refractivity contribution in [1.29, 1.82) is 0 Å². The maximum atomic E-state index is 13.9. The molecular weight excluding hydrogens is 395 g/mol. The Kier molecular flexibility index (Phi) is 6.72. The fourth-order valence-electron chi connectivity index (χ4n) is 4.46. The molecule has 0 radical (unpaired) electrons. The second-order valence-corrected chi connectivity index (χ2v) is 9.16. The van der Waals surface area contributed by atoms with Crippen molar-refractivity contribution >= 4 is 5.91 Å². The number of hydrogen-bond donors (Lipinski definition) is 1. The Labute approximate surface area is 183 Å². The normalized spacial score (nSPS) is 19.0. The van der Waals surface area contributed by atoms with Gasteiger partial charge in [-0.05, 0) is 49.3 Å². The minimum Gasteiger partial charge on any atom is -0.378 e. The van der Waals surface area contributed by atoms with Gasteiger partial charge in [-0.15, -0.1) is 0 Å². The smallest absolute Gasteiger partial charge is 0.274 e. The minimum atomic E-state index is -0.168. The van der Waals surface area contributed by atoms with Crippen LogP contribution >= 0.6 is 0 Å². The molecule has 1 N–H and O–H groups in total. The van der Waals surface area contributed by atoms with Gasteiger partial charge < -0.3 is 15.0 Å². The number of fused-ring (bicyclic) bond motifs is 1. The van der Waals surface area contributed by atoms with Crippen LogP contribution in [-0.4, -0.2) is 52.9 Å². The lowest BCUT2D eigenvalue weighted by Gasteiger charge is -2.28. The van der Waals surface area contributed by atoms with Crippen molar-refractivity contribution in [1.82, 2.24) is 20.0 Å². The van der Waals surface area contributed by atoms with Crippen molar-refractivity contribution in [2.24, 2.45) is 5.92 Å². The number of hydrogen-bond acceptors (Lipinski definition) is 4. The van der Waals surface area contributed by atoms with E-state index in [4.69, 9.17) is 9.84 Å². The number of nitrogens with zero attached hydrogens (tertiary/aromatic N) is 3. The number of benzene rings is 1. The number of rotatable bonds is 6. The molecule has 1 aliphatic carbocycles. The molecule has 1 unspecified atom stereocenters. The first-order chi connectivity index (χ1) is 14.9. The highest BCUT2D eigenvalue weighted by molar-refractivity contribution is 5.94. The summed E-state index contributed by atoms with van der Waals surface area (Å²) in [6.07, 6.45) is 2.65. The second-order valence-electron chi connectivity index (χ2n) is 9.16. The number of aromatic nitrogens is 2. The quantitative estimate of drug-likeness (QED) is 0.768. The molecule has 7 heteroatoms.